The van der Waals surface area contributed by atoms with Gasteiger partial charge in [0.1, 0.15) is 5.75 Å². The summed E-state index contributed by atoms with van der Waals surface area (Å²) in [6.07, 6.45) is 0. The molecule has 1 heterocycles. The molecule has 1 aliphatic rings. The topological polar surface area (TPSA) is 107 Å². The average Bonchev–Trinajstić information content (AvgIpc) is 2.87. The molecule has 3 rings (SSSR count). The highest BCUT2D eigenvalue weighted by Gasteiger charge is 2.44. The summed E-state index contributed by atoms with van der Waals surface area (Å²) in [5.41, 5.74) is -1.12. The Bertz CT molecular complexity index is 1080. The molecule has 7 nitrogen and oxygen atoms in total. The molecule has 1 aliphatic heterocycles. The van der Waals surface area contributed by atoms with E-state index in [1.54, 1.807) is 0 Å². The number of aliphatic imine (C=N–C) groups is 1. The second-order valence-electron chi connectivity index (χ2n) is 8.08. The Morgan fingerprint density at radius 1 is 1.17 bits per heavy atom. The maximum absolute atomic E-state index is 15.0. The number of nitrogens with one attached hydrogen (secondary N) is 2. The van der Waals surface area contributed by atoms with Crippen molar-refractivity contribution in [2.75, 3.05) is 7.11 Å². The van der Waals surface area contributed by atoms with Crippen molar-refractivity contribution in [3.63, 3.8) is 0 Å². The zero-order chi connectivity index (χ0) is 22.3. The first-order valence-electron chi connectivity index (χ1n) is 9.30. The zero-order valence-corrected chi connectivity index (χ0v) is 17.4. The van der Waals surface area contributed by atoms with Crippen molar-refractivity contribution in [1.29, 1.82) is 5.26 Å². The van der Waals surface area contributed by atoms with Crippen LogP contribution in [0.2, 0.25) is 0 Å². The van der Waals surface area contributed by atoms with Gasteiger partial charge in [-0.2, -0.15) is 10.3 Å². The van der Waals surface area contributed by atoms with E-state index >= 15 is 0 Å². The molecule has 8 heteroatoms. The molecule has 0 aromatic heterocycles. The summed E-state index contributed by atoms with van der Waals surface area (Å²) in [5.74, 6) is -1.79. The summed E-state index contributed by atoms with van der Waals surface area (Å²) in [4.78, 5) is 17.1. The van der Waals surface area contributed by atoms with Gasteiger partial charge in [-0.25, -0.2) is 4.39 Å². The Hall–Kier alpha value is -3.60. The zero-order valence-electron chi connectivity index (χ0n) is 17.4. The van der Waals surface area contributed by atoms with Gasteiger partial charge in [0.2, 0.25) is 5.96 Å². The van der Waals surface area contributed by atoms with Crippen LogP contribution in [0.3, 0.4) is 0 Å². The molecule has 0 atom stereocenters. The van der Waals surface area contributed by atoms with Crippen LogP contribution in [0.1, 0.15) is 43.6 Å². The highest BCUT2D eigenvalue weighted by Crippen LogP contribution is 2.38. The van der Waals surface area contributed by atoms with Crippen molar-refractivity contribution in [2.45, 2.75) is 38.8 Å². The predicted octanol–water partition coefficient (Wildman–Crippen LogP) is 3.32. The number of rotatable bonds is 3. The monoisotopic (exact) mass is 410 g/mol. The van der Waals surface area contributed by atoms with Gasteiger partial charge >= 0.3 is 0 Å². The first-order valence-corrected chi connectivity index (χ1v) is 9.30. The van der Waals surface area contributed by atoms with Gasteiger partial charge in [-0.3, -0.25) is 4.79 Å². The molecule has 3 N–H and O–H groups in total. The van der Waals surface area contributed by atoms with E-state index in [1.165, 1.54) is 37.4 Å². The molecule has 1 fully saturated rings. The fraction of sp³-hybridized carbons (Fsp3) is 0.318. The third kappa shape index (κ3) is 3.43. The number of carbonyl (C=O) groups is 1. The van der Waals surface area contributed by atoms with Crippen LogP contribution in [0.15, 0.2) is 35.3 Å². The van der Waals surface area contributed by atoms with Crippen molar-refractivity contribution in [3.8, 4) is 28.7 Å². The number of nitriles is 1. The SMILES string of the molecule is COc1cccc(-c2c(C#N)ccc(O)c2C(=O)N=C2NC(C)(C)C(C)(C)N2)c1F. The maximum atomic E-state index is 15.0. The van der Waals surface area contributed by atoms with Crippen molar-refractivity contribution >= 4 is 11.9 Å². The number of aromatic hydroxyl groups is 1. The van der Waals surface area contributed by atoms with Gasteiger partial charge in [0.05, 0.1) is 35.4 Å². The Morgan fingerprint density at radius 3 is 2.37 bits per heavy atom. The number of hydrogen-bond acceptors (Lipinski definition) is 4. The molecule has 0 unspecified atom stereocenters. The molecule has 0 bridgehead atoms. The van der Waals surface area contributed by atoms with E-state index in [0.29, 0.717) is 0 Å². The average molecular weight is 410 g/mol. The summed E-state index contributed by atoms with van der Waals surface area (Å²) in [6.45, 7) is 7.82. The smallest absolute Gasteiger partial charge is 0.284 e. The molecule has 1 saturated heterocycles. The first kappa shape index (κ1) is 21.1. The minimum atomic E-state index is -0.815. The van der Waals surface area contributed by atoms with Crippen molar-refractivity contribution in [1.82, 2.24) is 10.6 Å². The van der Waals surface area contributed by atoms with E-state index in [4.69, 9.17) is 4.74 Å². The number of amides is 1. The largest absolute Gasteiger partial charge is 0.507 e. The first-order chi connectivity index (χ1) is 14.0. The highest BCUT2D eigenvalue weighted by molar-refractivity contribution is 6.10. The lowest BCUT2D eigenvalue weighted by molar-refractivity contribution is 0.100. The van der Waals surface area contributed by atoms with E-state index in [0.717, 1.165) is 0 Å². The van der Waals surface area contributed by atoms with Crippen LogP contribution >= 0.6 is 0 Å². The molecule has 2 aromatic rings. The molecule has 1 amide bonds. The number of phenols is 1. The van der Waals surface area contributed by atoms with Crippen molar-refractivity contribution in [3.05, 3.63) is 47.3 Å². The quantitative estimate of drug-likeness (QED) is 0.717. The number of carbonyl (C=O) groups excluding carboxylic acids is 1. The Morgan fingerprint density at radius 2 is 1.80 bits per heavy atom. The molecule has 0 spiro atoms. The van der Waals surface area contributed by atoms with Gasteiger partial charge in [0, 0.05) is 11.1 Å². The van der Waals surface area contributed by atoms with E-state index in [1.807, 2.05) is 33.8 Å². The third-order valence-electron chi connectivity index (χ3n) is 5.61. The second kappa shape index (κ2) is 7.34. The van der Waals surface area contributed by atoms with Gasteiger partial charge < -0.3 is 20.5 Å². The molecule has 0 radical (unpaired) electrons. The predicted molar refractivity (Wildman–Crippen MR) is 111 cm³/mol. The summed E-state index contributed by atoms with van der Waals surface area (Å²) in [6, 6.07) is 8.87. The Kier molecular flexibility index (Phi) is 5.16. The number of hydrogen-bond donors (Lipinski definition) is 3. The lowest BCUT2D eigenvalue weighted by atomic mass is 9.85. The summed E-state index contributed by atoms with van der Waals surface area (Å²) < 4.78 is 20.0. The third-order valence-corrected chi connectivity index (χ3v) is 5.61. The summed E-state index contributed by atoms with van der Waals surface area (Å²) in [7, 11) is 1.31. The molecule has 0 aliphatic carbocycles. The molecular formula is C22H23FN4O3. The standard InChI is InChI=1S/C22H23FN4O3/c1-21(2)22(3,4)27-20(26-21)25-19(29)17-14(28)10-9-12(11-24)16(17)13-7-6-8-15(30-5)18(13)23/h6-10,28H,1-5H3,(H2,25,26,27,29). The fourth-order valence-corrected chi connectivity index (χ4v) is 3.19. The summed E-state index contributed by atoms with van der Waals surface area (Å²) >= 11 is 0. The van der Waals surface area contributed by atoms with Crippen LogP contribution < -0.4 is 15.4 Å². The number of methoxy groups -OCH3 is 1. The van der Waals surface area contributed by atoms with E-state index < -0.39 is 28.6 Å². The number of guanidine groups is 1. The van der Waals surface area contributed by atoms with Gasteiger partial charge in [-0.05, 0) is 45.9 Å². The molecular weight excluding hydrogens is 387 g/mol. The normalized spacial score (nSPS) is 16.2. The van der Waals surface area contributed by atoms with Crippen LogP contribution in [0.4, 0.5) is 4.39 Å². The minimum absolute atomic E-state index is 0.0245. The molecule has 30 heavy (non-hydrogen) atoms. The second-order valence-corrected chi connectivity index (χ2v) is 8.08. The lowest BCUT2D eigenvalue weighted by Gasteiger charge is -2.32. The lowest BCUT2D eigenvalue weighted by Crippen LogP contribution is -2.51. The van der Waals surface area contributed by atoms with Crippen LogP contribution in [0.5, 0.6) is 11.5 Å². The van der Waals surface area contributed by atoms with Crippen LogP contribution in [-0.2, 0) is 0 Å². The van der Waals surface area contributed by atoms with Gasteiger partial charge in [0.25, 0.3) is 5.91 Å². The van der Waals surface area contributed by atoms with Gasteiger partial charge in [-0.1, -0.05) is 12.1 Å². The van der Waals surface area contributed by atoms with E-state index in [9.17, 15) is 19.6 Å². The van der Waals surface area contributed by atoms with Crippen LogP contribution in [0, 0.1) is 17.1 Å². The number of nitrogens with zero attached hydrogens (tertiary/aromatic N) is 2. The molecule has 0 saturated carbocycles. The van der Waals surface area contributed by atoms with Crippen molar-refractivity contribution in [2.24, 2.45) is 4.99 Å². The maximum Gasteiger partial charge on any atom is 0.284 e. The van der Waals surface area contributed by atoms with Gasteiger partial charge in [-0.15, -0.1) is 0 Å². The van der Waals surface area contributed by atoms with Gasteiger partial charge in [0.15, 0.2) is 11.6 Å². The highest BCUT2D eigenvalue weighted by atomic mass is 19.1. The van der Waals surface area contributed by atoms with Crippen molar-refractivity contribution < 1.29 is 19.0 Å². The molecule has 156 valence electrons. The van der Waals surface area contributed by atoms with E-state index in [2.05, 4.69) is 15.6 Å². The minimum Gasteiger partial charge on any atom is -0.507 e. The number of phenolic OH excluding ortho intramolecular Hbond substituents is 1. The number of ether oxygens (including phenoxy) is 1. The Labute approximate surface area is 174 Å². The Balaban J connectivity index is 2.19. The number of halogens is 1. The van der Waals surface area contributed by atoms with Crippen LogP contribution in [0.25, 0.3) is 11.1 Å². The number of benzene rings is 2. The fourth-order valence-electron chi connectivity index (χ4n) is 3.19. The summed E-state index contributed by atoms with van der Waals surface area (Å²) in [5, 5.41) is 26.3. The van der Waals surface area contributed by atoms with Crippen LogP contribution in [-0.4, -0.2) is 35.2 Å². The molecule has 2 aromatic carbocycles. The van der Waals surface area contributed by atoms with E-state index in [-0.39, 0.29) is 34.0 Å².